The number of nitrogens with one attached hydrogen (secondary N) is 1. The van der Waals surface area contributed by atoms with E-state index in [0.29, 0.717) is 52.4 Å². The van der Waals surface area contributed by atoms with Crippen molar-refractivity contribution in [3.05, 3.63) is 0 Å². The van der Waals surface area contributed by atoms with E-state index >= 15 is 0 Å². The number of ether oxygens (including phenoxy) is 3. The van der Waals surface area contributed by atoms with Gasteiger partial charge in [0.05, 0.1) is 39.1 Å². The monoisotopic (exact) mass is 390 g/mol. The Labute approximate surface area is 166 Å². The predicted octanol–water partition coefficient (Wildman–Crippen LogP) is 2.28. The normalized spacial score (nSPS) is 16.7. The number of ketones is 1. The number of Topliss-reactive ketones (excluding diaryl/α,β-unsaturated/α-hetero) is 1. The zero-order valence-electron chi connectivity index (χ0n) is 17.8. The molecule has 7 nitrogen and oxygen atoms in total. The molecule has 0 aliphatic carbocycles. The van der Waals surface area contributed by atoms with Crippen molar-refractivity contribution >= 4 is 11.7 Å². The Kier molecular flexibility index (Phi) is 17.7. The Morgan fingerprint density at radius 1 is 1.07 bits per heavy atom. The van der Waals surface area contributed by atoms with Crippen molar-refractivity contribution < 1.29 is 25.2 Å². The second-order valence-electron chi connectivity index (χ2n) is 6.24. The van der Waals surface area contributed by atoms with Crippen LogP contribution >= 0.6 is 0 Å². The molecule has 1 heterocycles. The smallest absolute Gasteiger partial charge is 0.237 e. The number of rotatable bonds is 15. The molecule has 0 aromatic carbocycles. The van der Waals surface area contributed by atoms with Crippen molar-refractivity contribution in [2.45, 2.75) is 58.9 Å². The minimum atomic E-state index is -0.0425. The number of methoxy groups -OCH3 is 1. The lowest BCUT2D eigenvalue weighted by Gasteiger charge is -2.23. The third-order valence-corrected chi connectivity index (χ3v) is 4.22. The van der Waals surface area contributed by atoms with Gasteiger partial charge in [0.1, 0.15) is 5.78 Å². The molecule has 1 rings (SSSR count). The van der Waals surface area contributed by atoms with Crippen LogP contribution < -0.4 is 5.32 Å². The number of nitrogens with zero attached hydrogens (tertiary/aromatic N) is 1. The molecule has 0 aromatic heterocycles. The second-order valence-corrected chi connectivity index (χ2v) is 6.24. The average molecular weight is 391 g/mol. The maximum atomic E-state index is 12.2. The molecule has 1 aliphatic heterocycles. The molecular formula is C20H42N2O5. The molecule has 0 saturated carbocycles. The second kappa shape index (κ2) is 18.3. The lowest BCUT2D eigenvalue weighted by Crippen LogP contribution is -2.45. The highest BCUT2D eigenvalue weighted by Crippen LogP contribution is 2.16. The van der Waals surface area contributed by atoms with E-state index in [1.807, 2.05) is 20.8 Å². The molecule has 1 amide bonds. The van der Waals surface area contributed by atoms with Crippen LogP contribution in [-0.4, -0.2) is 82.4 Å². The maximum absolute atomic E-state index is 12.2. The standard InChI is InChI=1S/C18H34N2O5.C2H6.H2/c1-3-5-16(21)7-11-24-14-15-25-12-8-19-18(22)17-6-4-9-20(17)10-13-23-2;1-2;/h17H,3-15H2,1-2H3,(H,19,22);1-2H3;1H/t17-;;/m0../s1. The van der Waals surface area contributed by atoms with Gasteiger partial charge in [0, 0.05) is 34.5 Å². The van der Waals surface area contributed by atoms with Gasteiger partial charge in [0.15, 0.2) is 0 Å². The summed E-state index contributed by atoms with van der Waals surface area (Å²) in [7, 11) is 1.68. The van der Waals surface area contributed by atoms with Gasteiger partial charge in [-0.3, -0.25) is 14.5 Å². The topological polar surface area (TPSA) is 77.1 Å². The maximum Gasteiger partial charge on any atom is 0.237 e. The largest absolute Gasteiger partial charge is 0.383 e. The van der Waals surface area contributed by atoms with Crippen molar-refractivity contribution in [3.8, 4) is 0 Å². The first-order chi connectivity index (χ1) is 13.2. The molecule has 0 radical (unpaired) electrons. The summed E-state index contributed by atoms with van der Waals surface area (Å²) in [4.78, 5) is 25.7. The number of carbonyl (C=O) groups excluding carboxylic acids is 2. The van der Waals surface area contributed by atoms with Gasteiger partial charge in [0.2, 0.25) is 5.91 Å². The Bertz CT molecular complexity index is 386. The number of likely N-dealkylation sites (tertiary alicyclic amines) is 1. The first kappa shape index (κ1) is 26.0. The minimum Gasteiger partial charge on any atom is -0.383 e. The Morgan fingerprint density at radius 3 is 2.44 bits per heavy atom. The van der Waals surface area contributed by atoms with Gasteiger partial charge in [-0.05, 0) is 25.8 Å². The van der Waals surface area contributed by atoms with Crippen LogP contribution in [0, 0.1) is 0 Å². The molecule has 27 heavy (non-hydrogen) atoms. The fraction of sp³-hybridized carbons (Fsp3) is 0.900. The summed E-state index contributed by atoms with van der Waals surface area (Å²) in [5.74, 6) is 0.320. The van der Waals surface area contributed by atoms with Crippen LogP contribution in [0.15, 0.2) is 0 Å². The summed E-state index contributed by atoms with van der Waals surface area (Å²) in [5.41, 5.74) is 0. The minimum absolute atomic E-state index is 0. The predicted molar refractivity (Wildman–Crippen MR) is 109 cm³/mol. The van der Waals surface area contributed by atoms with Crippen LogP contribution in [0.5, 0.6) is 0 Å². The molecule has 0 bridgehead atoms. The van der Waals surface area contributed by atoms with Crippen LogP contribution in [0.3, 0.4) is 0 Å². The quantitative estimate of drug-likeness (QED) is 0.432. The van der Waals surface area contributed by atoms with Gasteiger partial charge in [0.25, 0.3) is 0 Å². The molecule has 162 valence electrons. The van der Waals surface area contributed by atoms with Gasteiger partial charge < -0.3 is 19.5 Å². The first-order valence-electron chi connectivity index (χ1n) is 10.4. The van der Waals surface area contributed by atoms with E-state index in [1.54, 1.807) is 7.11 Å². The van der Waals surface area contributed by atoms with Crippen molar-refractivity contribution in [1.82, 2.24) is 10.2 Å². The molecule has 1 N–H and O–H groups in total. The van der Waals surface area contributed by atoms with Crippen molar-refractivity contribution in [2.75, 3.05) is 59.8 Å². The van der Waals surface area contributed by atoms with E-state index in [4.69, 9.17) is 14.2 Å². The molecule has 1 saturated heterocycles. The third kappa shape index (κ3) is 12.9. The number of carbonyl (C=O) groups is 2. The number of hydrogen-bond acceptors (Lipinski definition) is 6. The number of hydrogen-bond donors (Lipinski definition) is 1. The highest BCUT2D eigenvalue weighted by atomic mass is 16.5. The van der Waals surface area contributed by atoms with Gasteiger partial charge in [-0.15, -0.1) is 0 Å². The lowest BCUT2D eigenvalue weighted by atomic mass is 10.2. The first-order valence-corrected chi connectivity index (χ1v) is 10.4. The van der Waals surface area contributed by atoms with E-state index in [1.165, 1.54) is 0 Å². The molecule has 0 unspecified atom stereocenters. The fourth-order valence-electron chi connectivity index (χ4n) is 2.88. The molecule has 0 aromatic rings. The van der Waals surface area contributed by atoms with Gasteiger partial charge in [-0.2, -0.15) is 0 Å². The van der Waals surface area contributed by atoms with Gasteiger partial charge in [-0.1, -0.05) is 20.8 Å². The fourth-order valence-corrected chi connectivity index (χ4v) is 2.88. The van der Waals surface area contributed by atoms with E-state index in [0.717, 1.165) is 32.4 Å². The van der Waals surface area contributed by atoms with Gasteiger partial charge in [-0.25, -0.2) is 0 Å². The molecular weight excluding hydrogens is 348 g/mol. The molecule has 1 fully saturated rings. The van der Waals surface area contributed by atoms with E-state index in [-0.39, 0.29) is 19.2 Å². The van der Waals surface area contributed by atoms with Crippen molar-refractivity contribution in [1.29, 1.82) is 0 Å². The average Bonchev–Trinajstić information content (AvgIpc) is 3.15. The Hall–Kier alpha value is -1.02. The van der Waals surface area contributed by atoms with Crippen LogP contribution in [0.25, 0.3) is 0 Å². The SMILES string of the molecule is CC.CCCC(=O)CCOCCOCCNC(=O)[C@@H]1CCCN1CCOC.[HH]. The van der Waals surface area contributed by atoms with Crippen LogP contribution in [-0.2, 0) is 23.8 Å². The van der Waals surface area contributed by atoms with Crippen molar-refractivity contribution in [3.63, 3.8) is 0 Å². The molecule has 1 atom stereocenters. The molecule has 7 heteroatoms. The number of amides is 1. The summed E-state index contributed by atoms with van der Waals surface area (Å²) in [6.45, 7) is 10.8. The van der Waals surface area contributed by atoms with E-state index in [2.05, 4.69) is 10.2 Å². The van der Waals surface area contributed by atoms with E-state index < -0.39 is 0 Å². The van der Waals surface area contributed by atoms with Crippen molar-refractivity contribution in [2.24, 2.45) is 0 Å². The molecule has 1 aliphatic rings. The summed E-state index contributed by atoms with van der Waals surface area (Å²) in [6.07, 6.45) is 3.95. The Morgan fingerprint density at radius 2 is 1.78 bits per heavy atom. The summed E-state index contributed by atoms with van der Waals surface area (Å²) >= 11 is 0. The van der Waals surface area contributed by atoms with Crippen LogP contribution in [0.2, 0.25) is 0 Å². The summed E-state index contributed by atoms with van der Waals surface area (Å²) in [6, 6.07) is -0.0425. The van der Waals surface area contributed by atoms with Gasteiger partial charge >= 0.3 is 0 Å². The highest BCUT2D eigenvalue weighted by Gasteiger charge is 2.29. The molecule has 0 spiro atoms. The zero-order chi connectivity index (χ0) is 20.3. The van der Waals surface area contributed by atoms with Crippen LogP contribution in [0.4, 0.5) is 0 Å². The van der Waals surface area contributed by atoms with E-state index in [9.17, 15) is 9.59 Å². The van der Waals surface area contributed by atoms with Crippen LogP contribution in [0.1, 0.15) is 54.3 Å². The Balaban J connectivity index is 0. The summed E-state index contributed by atoms with van der Waals surface area (Å²) in [5, 5.41) is 2.93. The zero-order valence-corrected chi connectivity index (χ0v) is 17.8. The summed E-state index contributed by atoms with van der Waals surface area (Å²) < 4.78 is 15.9. The third-order valence-electron chi connectivity index (χ3n) is 4.22. The highest BCUT2D eigenvalue weighted by molar-refractivity contribution is 5.82. The lowest BCUT2D eigenvalue weighted by molar-refractivity contribution is -0.125.